The number of benzene rings is 1. The lowest BCUT2D eigenvalue weighted by molar-refractivity contribution is -0.941. The van der Waals surface area contributed by atoms with Gasteiger partial charge in [-0.2, -0.15) is 13.2 Å². The van der Waals surface area contributed by atoms with Crippen molar-refractivity contribution in [2.24, 2.45) is 0 Å². The van der Waals surface area contributed by atoms with E-state index in [2.05, 4.69) is 20.8 Å². The Morgan fingerprint density at radius 3 is 1.61 bits per heavy atom. The maximum Gasteiger partial charge on any atom is 0.416 e. The number of alkyl halides is 3. The molecule has 0 saturated carbocycles. The van der Waals surface area contributed by atoms with Crippen LogP contribution < -0.4 is 12.4 Å². The van der Waals surface area contributed by atoms with E-state index in [1.165, 1.54) is 50.7 Å². The minimum atomic E-state index is -4.27. The molecule has 1 aromatic rings. The van der Waals surface area contributed by atoms with E-state index in [0.717, 1.165) is 55.5 Å². The van der Waals surface area contributed by atoms with E-state index >= 15 is 0 Å². The Labute approximate surface area is 176 Å². The average Bonchev–Trinajstić information content (AvgIpc) is 2.62. The van der Waals surface area contributed by atoms with Gasteiger partial charge in [-0.1, -0.05) is 52.2 Å². The fraction of sp³-hybridized carbons (Fsp3) is 0.739. The van der Waals surface area contributed by atoms with Crippen LogP contribution in [-0.2, 0) is 12.7 Å². The Kier molecular flexibility index (Phi) is 13.9. The van der Waals surface area contributed by atoms with E-state index in [0.29, 0.717) is 0 Å². The topological polar surface area (TPSA) is 0 Å². The van der Waals surface area contributed by atoms with Gasteiger partial charge in [0.1, 0.15) is 6.54 Å². The molecule has 0 unspecified atom stereocenters. The summed E-state index contributed by atoms with van der Waals surface area (Å²) in [6.45, 7) is 10.6. The lowest BCUT2D eigenvalue weighted by Gasteiger charge is -2.39. The average molecular weight is 422 g/mol. The van der Waals surface area contributed by atoms with Crippen LogP contribution in [0.5, 0.6) is 0 Å². The molecule has 0 aliphatic carbocycles. The molecule has 0 bridgehead atoms. The smallest absolute Gasteiger partial charge is 0.416 e. The molecule has 5 heteroatoms. The van der Waals surface area contributed by atoms with E-state index in [4.69, 9.17) is 0 Å². The van der Waals surface area contributed by atoms with Gasteiger partial charge in [0.2, 0.25) is 0 Å². The molecule has 0 fully saturated rings. The first-order valence-corrected chi connectivity index (χ1v) is 10.9. The first-order chi connectivity index (χ1) is 12.9. The third kappa shape index (κ3) is 10.2. The van der Waals surface area contributed by atoms with Crippen LogP contribution in [0.4, 0.5) is 13.2 Å². The molecule has 0 aromatic heterocycles. The van der Waals surface area contributed by atoms with Gasteiger partial charge in [0.05, 0.1) is 25.2 Å². The number of quaternary nitrogens is 1. The highest BCUT2D eigenvalue weighted by Gasteiger charge is 2.32. The summed E-state index contributed by atoms with van der Waals surface area (Å²) in [5.41, 5.74) is 0.308. The summed E-state index contributed by atoms with van der Waals surface area (Å²) in [7, 11) is 0. The van der Waals surface area contributed by atoms with E-state index in [1.807, 2.05) is 6.07 Å². The number of hydrogen-bond acceptors (Lipinski definition) is 0. The zero-order valence-corrected chi connectivity index (χ0v) is 18.7. The number of hydrogen-bond donors (Lipinski definition) is 0. The van der Waals surface area contributed by atoms with Crippen molar-refractivity contribution in [1.29, 1.82) is 0 Å². The number of rotatable bonds is 14. The second kappa shape index (κ2) is 14.3. The van der Waals surface area contributed by atoms with Crippen molar-refractivity contribution in [3.63, 3.8) is 0 Å². The Balaban J connectivity index is 0.00000729. The van der Waals surface area contributed by atoms with Crippen molar-refractivity contribution >= 4 is 0 Å². The van der Waals surface area contributed by atoms with E-state index in [-0.39, 0.29) is 12.4 Å². The molecule has 1 rings (SSSR count). The van der Waals surface area contributed by atoms with Gasteiger partial charge < -0.3 is 16.9 Å². The predicted octanol–water partition coefficient (Wildman–Crippen LogP) is 4.60. The normalized spacial score (nSPS) is 12.1. The second-order valence-electron chi connectivity index (χ2n) is 7.99. The second-order valence-corrected chi connectivity index (χ2v) is 7.99. The SMILES string of the molecule is CCCCC[N+](CCCCC)(CCCCC)Cc1cccc(C(F)(F)F)c1.[Cl-]. The van der Waals surface area contributed by atoms with Gasteiger partial charge in [0.15, 0.2) is 0 Å². The summed E-state index contributed by atoms with van der Waals surface area (Å²) in [5, 5.41) is 0. The first-order valence-electron chi connectivity index (χ1n) is 10.9. The molecule has 28 heavy (non-hydrogen) atoms. The van der Waals surface area contributed by atoms with Crippen LogP contribution in [0.3, 0.4) is 0 Å². The fourth-order valence-electron chi connectivity index (χ4n) is 3.90. The number of halogens is 4. The number of unbranched alkanes of at least 4 members (excludes halogenated alkanes) is 6. The molecule has 0 aliphatic heterocycles. The Bertz CT molecular complexity index is 490. The van der Waals surface area contributed by atoms with E-state index in [1.54, 1.807) is 6.07 Å². The van der Waals surface area contributed by atoms with Crippen molar-refractivity contribution in [2.75, 3.05) is 19.6 Å². The van der Waals surface area contributed by atoms with Crippen LogP contribution in [-0.4, -0.2) is 24.1 Å². The summed E-state index contributed by atoms with van der Waals surface area (Å²) in [5.74, 6) is 0. The fourth-order valence-corrected chi connectivity index (χ4v) is 3.90. The largest absolute Gasteiger partial charge is 1.00 e. The quantitative estimate of drug-likeness (QED) is 0.304. The zero-order valence-electron chi connectivity index (χ0n) is 18.0. The maximum absolute atomic E-state index is 13.1. The summed E-state index contributed by atoms with van der Waals surface area (Å²) < 4.78 is 40.4. The standard InChI is InChI=1S/C23H39F3N.ClH/c1-4-7-10-16-27(17-11-8-5-2,18-12-9-6-3)20-21-14-13-15-22(19-21)23(24,25)26;/h13-15,19H,4-12,16-18,20H2,1-3H3;1H/q+1;/p-1. The predicted molar refractivity (Wildman–Crippen MR) is 109 cm³/mol. The molecule has 164 valence electrons. The molecule has 0 saturated heterocycles. The van der Waals surface area contributed by atoms with Gasteiger partial charge in [-0.05, 0) is 50.7 Å². The minimum Gasteiger partial charge on any atom is -1.00 e. The Morgan fingerprint density at radius 2 is 1.21 bits per heavy atom. The lowest BCUT2D eigenvalue weighted by Crippen LogP contribution is -3.00. The minimum absolute atomic E-state index is 0. The first kappa shape index (κ1) is 27.3. The van der Waals surface area contributed by atoms with Crippen molar-refractivity contribution < 1.29 is 30.1 Å². The molecular formula is C23H39ClF3N. The molecular weight excluding hydrogens is 383 g/mol. The Morgan fingerprint density at radius 1 is 0.750 bits per heavy atom. The van der Waals surface area contributed by atoms with Crippen molar-refractivity contribution in [2.45, 2.75) is 91.3 Å². The molecule has 0 spiro atoms. The summed E-state index contributed by atoms with van der Waals surface area (Å²) in [6.07, 6.45) is 6.33. The summed E-state index contributed by atoms with van der Waals surface area (Å²) >= 11 is 0. The molecule has 0 radical (unpaired) electrons. The molecule has 1 nitrogen and oxygen atoms in total. The van der Waals surface area contributed by atoms with Crippen molar-refractivity contribution in [1.82, 2.24) is 0 Å². The van der Waals surface area contributed by atoms with Gasteiger partial charge in [-0.15, -0.1) is 0 Å². The van der Waals surface area contributed by atoms with Crippen LogP contribution in [0.15, 0.2) is 24.3 Å². The van der Waals surface area contributed by atoms with Crippen molar-refractivity contribution in [3.8, 4) is 0 Å². The highest BCUT2D eigenvalue weighted by Crippen LogP contribution is 2.30. The van der Waals surface area contributed by atoms with Gasteiger partial charge in [-0.3, -0.25) is 0 Å². The summed E-state index contributed by atoms with van der Waals surface area (Å²) in [6, 6.07) is 5.99. The summed E-state index contributed by atoms with van der Waals surface area (Å²) in [4.78, 5) is 0. The molecule has 0 amide bonds. The van der Waals surface area contributed by atoms with Crippen LogP contribution in [0, 0.1) is 0 Å². The molecule has 0 heterocycles. The van der Waals surface area contributed by atoms with Crippen molar-refractivity contribution in [3.05, 3.63) is 35.4 Å². The van der Waals surface area contributed by atoms with Crippen LogP contribution in [0.1, 0.15) is 89.7 Å². The number of nitrogens with zero attached hydrogens (tertiary/aromatic N) is 1. The lowest BCUT2D eigenvalue weighted by atomic mass is 10.1. The molecule has 0 aliphatic rings. The monoisotopic (exact) mass is 421 g/mol. The van der Waals surface area contributed by atoms with Crippen LogP contribution in [0.25, 0.3) is 0 Å². The van der Waals surface area contributed by atoms with Gasteiger partial charge in [-0.25, -0.2) is 0 Å². The Hall–Kier alpha value is -0.740. The van der Waals surface area contributed by atoms with E-state index < -0.39 is 11.7 Å². The highest BCUT2D eigenvalue weighted by molar-refractivity contribution is 5.25. The van der Waals surface area contributed by atoms with E-state index in [9.17, 15) is 13.2 Å². The third-order valence-electron chi connectivity index (χ3n) is 5.48. The maximum atomic E-state index is 13.1. The van der Waals surface area contributed by atoms with Gasteiger partial charge in [0.25, 0.3) is 0 Å². The third-order valence-corrected chi connectivity index (χ3v) is 5.48. The molecule has 0 N–H and O–H groups in total. The zero-order chi connectivity index (χ0) is 20.2. The highest BCUT2D eigenvalue weighted by atomic mass is 35.5. The molecule has 1 aromatic carbocycles. The molecule has 0 atom stereocenters. The van der Waals surface area contributed by atoms with Crippen LogP contribution >= 0.6 is 0 Å². The van der Waals surface area contributed by atoms with Gasteiger partial charge >= 0.3 is 6.18 Å². The van der Waals surface area contributed by atoms with Gasteiger partial charge in [0, 0.05) is 5.56 Å². The van der Waals surface area contributed by atoms with Crippen LogP contribution in [0.2, 0.25) is 0 Å².